The minimum absolute atomic E-state index is 0.0303. The Bertz CT molecular complexity index is 666. The third-order valence-electron chi connectivity index (χ3n) is 4.63. The molecule has 7 heteroatoms. The highest BCUT2D eigenvalue weighted by molar-refractivity contribution is 7.09. The second-order valence-electron chi connectivity index (χ2n) is 6.30. The van der Waals surface area contributed by atoms with Crippen LogP contribution in [-0.2, 0) is 0 Å². The van der Waals surface area contributed by atoms with Gasteiger partial charge in [-0.25, -0.2) is 14.8 Å². The molecule has 0 radical (unpaired) electrons. The first-order chi connectivity index (χ1) is 11.8. The number of urea groups is 1. The van der Waals surface area contributed by atoms with Crippen molar-refractivity contribution >= 4 is 23.2 Å². The van der Waals surface area contributed by atoms with E-state index in [1.165, 1.54) is 12.8 Å². The normalized spacial score (nSPS) is 19.2. The van der Waals surface area contributed by atoms with Gasteiger partial charge in [-0.05, 0) is 30.9 Å². The number of piperazine rings is 1. The van der Waals surface area contributed by atoms with Gasteiger partial charge in [0.05, 0.1) is 6.04 Å². The number of thiazole rings is 1. The summed E-state index contributed by atoms with van der Waals surface area (Å²) >= 11 is 1.62. The molecule has 1 saturated heterocycles. The molecule has 2 fully saturated rings. The number of rotatable bonds is 4. The zero-order valence-corrected chi connectivity index (χ0v) is 14.3. The molecule has 2 aromatic rings. The molecule has 0 bridgehead atoms. The molecule has 2 aliphatic rings. The van der Waals surface area contributed by atoms with Crippen molar-refractivity contribution in [2.45, 2.75) is 18.9 Å². The predicted octanol–water partition coefficient (Wildman–Crippen LogP) is 2.52. The number of pyridine rings is 1. The Kier molecular flexibility index (Phi) is 4.34. The van der Waals surface area contributed by atoms with Gasteiger partial charge in [0.1, 0.15) is 10.8 Å². The summed E-state index contributed by atoms with van der Waals surface area (Å²) in [4.78, 5) is 25.5. The van der Waals surface area contributed by atoms with Gasteiger partial charge in [-0.3, -0.25) is 0 Å². The first-order valence-electron chi connectivity index (χ1n) is 8.42. The van der Waals surface area contributed by atoms with Crippen molar-refractivity contribution in [2.75, 3.05) is 31.1 Å². The van der Waals surface area contributed by atoms with E-state index in [1.54, 1.807) is 11.3 Å². The van der Waals surface area contributed by atoms with Crippen molar-refractivity contribution in [1.29, 1.82) is 0 Å². The Labute approximate surface area is 145 Å². The van der Waals surface area contributed by atoms with Gasteiger partial charge in [-0.15, -0.1) is 11.3 Å². The topological polar surface area (TPSA) is 61.4 Å². The van der Waals surface area contributed by atoms with E-state index in [0.717, 1.165) is 37.0 Å². The Morgan fingerprint density at radius 3 is 2.62 bits per heavy atom. The number of amides is 2. The predicted molar refractivity (Wildman–Crippen MR) is 94.1 cm³/mol. The summed E-state index contributed by atoms with van der Waals surface area (Å²) in [6.45, 7) is 3.07. The fraction of sp³-hybridized carbons (Fsp3) is 0.471. The van der Waals surface area contributed by atoms with Crippen molar-refractivity contribution in [3.63, 3.8) is 0 Å². The minimum Gasteiger partial charge on any atom is -0.353 e. The quantitative estimate of drug-likeness (QED) is 0.927. The molecule has 0 unspecified atom stereocenters. The van der Waals surface area contributed by atoms with Gasteiger partial charge in [-0.2, -0.15) is 0 Å². The average Bonchev–Trinajstić information content (AvgIpc) is 3.34. The van der Waals surface area contributed by atoms with Crippen LogP contribution < -0.4 is 10.2 Å². The molecule has 3 heterocycles. The van der Waals surface area contributed by atoms with E-state index in [2.05, 4.69) is 20.2 Å². The van der Waals surface area contributed by atoms with Gasteiger partial charge in [0.25, 0.3) is 0 Å². The SMILES string of the molecule is O=C(N[C@@H](c1nccs1)C1CC1)N1CCN(c2ccccn2)CC1. The summed E-state index contributed by atoms with van der Waals surface area (Å²) in [6.07, 6.45) is 5.98. The zero-order chi connectivity index (χ0) is 16.4. The van der Waals surface area contributed by atoms with Crippen molar-refractivity contribution < 1.29 is 4.79 Å². The van der Waals surface area contributed by atoms with E-state index < -0.39 is 0 Å². The van der Waals surface area contributed by atoms with E-state index in [1.807, 2.05) is 40.9 Å². The Morgan fingerprint density at radius 2 is 2.00 bits per heavy atom. The standard InChI is InChI=1S/C17H21N5OS/c23-17(20-15(13-4-5-13)16-19-7-12-24-16)22-10-8-21(9-11-22)14-3-1-2-6-18-14/h1-3,6-7,12-13,15H,4-5,8-11H2,(H,20,23)/t15-/m1/s1. The first kappa shape index (κ1) is 15.4. The monoisotopic (exact) mass is 343 g/mol. The summed E-state index contributed by atoms with van der Waals surface area (Å²) in [5.41, 5.74) is 0. The number of nitrogens with zero attached hydrogens (tertiary/aromatic N) is 4. The second-order valence-corrected chi connectivity index (χ2v) is 7.22. The van der Waals surface area contributed by atoms with Gasteiger partial charge >= 0.3 is 6.03 Å². The van der Waals surface area contributed by atoms with Crippen LogP contribution in [0, 0.1) is 5.92 Å². The highest BCUT2D eigenvalue weighted by Gasteiger charge is 2.36. The van der Waals surface area contributed by atoms with Gasteiger partial charge in [0, 0.05) is 44.0 Å². The molecule has 1 N–H and O–H groups in total. The fourth-order valence-electron chi connectivity index (χ4n) is 3.10. The van der Waals surface area contributed by atoms with Crippen LogP contribution in [0.25, 0.3) is 0 Å². The second kappa shape index (κ2) is 6.76. The Balaban J connectivity index is 1.34. The van der Waals surface area contributed by atoms with E-state index in [-0.39, 0.29) is 12.1 Å². The Morgan fingerprint density at radius 1 is 1.17 bits per heavy atom. The smallest absolute Gasteiger partial charge is 0.318 e. The van der Waals surface area contributed by atoms with E-state index in [4.69, 9.17) is 0 Å². The van der Waals surface area contributed by atoms with Gasteiger partial charge in [-0.1, -0.05) is 6.07 Å². The molecular weight excluding hydrogens is 322 g/mol. The lowest BCUT2D eigenvalue weighted by Crippen LogP contribution is -2.52. The summed E-state index contributed by atoms with van der Waals surface area (Å²) < 4.78 is 0. The molecular formula is C17H21N5OS. The van der Waals surface area contributed by atoms with Gasteiger partial charge < -0.3 is 15.1 Å². The van der Waals surface area contributed by atoms with E-state index in [0.29, 0.717) is 5.92 Å². The van der Waals surface area contributed by atoms with E-state index in [9.17, 15) is 4.79 Å². The van der Waals surface area contributed by atoms with Crippen molar-refractivity contribution in [1.82, 2.24) is 20.2 Å². The van der Waals surface area contributed by atoms with Crippen LogP contribution in [0.2, 0.25) is 0 Å². The summed E-state index contributed by atoms with van der Waals surface area (Å²) in [5.74, 6) is 1.53. The van der Waals surface area contributed by atoms with Crippen LogP contribution in [0.15, 0.2) is 36.0 Å². The molecule has 1 aliphatic carbocycles. The summed E-state index contributed by atoms with van der Waals surface area (Å²) in [7, 11) is 0. The molecule has 0 aromatic carbocycles. The summed E-state index contributed by atoms with van der Waals surface area (Å²) in [5, 5.41) is 6.21. The Hall–Kier alpha value is -2.15. The molecule has 24 heavy (non-hydrogen) atoms. The maximum absolute atomic E-state index is 12.6. The van der Waals surface area contributed by atoms with Gasteiger partial charge in [0.15, 0.2) is 0 Å². The third-order valence-corrected chi connectivity index (χ3v) is 5.49. The van der Waals surface area contributed by atoms with Crippen LogP contribution in [0.3, 0.4) is 0 Å². The number of nitrogens with one attached hydrogen (secondary N) is 1. The van der Waals surface area contributed by atoms with Crippen LogP contribution in [0.1, 0.15) is 23.9 Å². The van der Waals surface area contributed by atoms with Crippen molar-refractivity contribution in [2.24, 2.45) is 5.92 Å². The number of hydrogen-bond donors (Lipinski definition) is 1. The minimum atomic E-state index is 0.0303. The highest BCUT2D eigenvalue weighted by Crippen LogP contribution is 2.41. The molecule has 2 amide bonds. The lowest BCUT2D eigenvalue weighted by molar-refractivity contribution is 0.188. The number of anilines is 1. The van der Waals surface area contributed by atoms with E-state index >= 15 is 0 Å². The number of carbonyl (C=O) groups is 1. The molecule has 6 nitrogen and oxygen atoms in total. The lowest BCUT2D eigenvalue weighted by atomic mass is 10.2. The van der Waals surface area contributed by atoms with Crippen LogP contribution in [0.4, 0.5) is 10.6 Å². The molecule has 1 atom stereocenters. The molecule has 1 aliphatic heterocycles. The molecule has 2 aromatic heterocycles. The fourth-order valence-corrected chi connectivity index (χ4v) is 3.88. The molecule has 0 spiro atoms. The van der Waals surface area contributed by atoms with Crippen molar-refractivity contribution in [3.05, 3.63) is 41.0 Å². The van der Waals surface area contributed by atoms with Gasteiger partial charge in [0.2, 0.25) is 0 Å². The lowest BCUT2D eigenvalue weighted by Gasteiger charge is -2.36. The number of hydrogen-bond acceptors (Lipinski definition) is 5. The highest BCUT2D eigenvalue weighted by atomic mass is 32.1. The molecule has 4 rings (SSSR count). The average molecular weight is 343 g/mol. The van der Waals surface area contributed by atoms with Crippen LogP contribution >= 0.6 is 11.3 Å². The molecule has 126 valence electrons. The zero-order valence-electron chi connectivity index (χ0n) is 13.5. The summed E-state index contributed by atoms with van der Waals surface area (Å²) in [6, 6.07) is 6.04. The number of carbonyl (C=O) groups excluding carboxylic acids is 1. The maximum Gasteiger partial charge on any atom is 0.318 e. The largest absolute Gasteiger partial charge is 0.353 e. The van der Waals surface area contributed by atoms with Crippen LogP contribution in [-0.4, -0.2) is 47.1 Å². The van der Waals surface area contributed by atoms with Crippen LogP contribution in [0.5, 0.6) is 0 Å². The maximum atomic E-state index is 12.6. The number of aromatic nitrogens is 2. The first-order valence-corrected chi connectivity index (χ1v) is 9.30. The third kappa shape index (κ3) is 3.36. The van der Waals surface area contributed by atoms with Crippen molar-refractivity contribution in [3.8, 4) is 0 Å². The molecule has 1 saturated carbocycles.